The second kappa shape index (κ2) is 8.04. The van der Waals surface area contributed by atoms with Crippen molar-refractivity contribution in [1.29, 1.82) is 0 Å². The third-order valence-electron chi connectivity index (χ3n) is 5.51. The zero-order valence-electron chi connectivity index (χ0n) is 17.5. The minimum atomic E-state index is 0.853. The Morgan fingerprint density at radius 1 is 0.581 bits per heavy atom. The average molecular weight is 402 g/mol. The molecule has 5 aromatic rings. The first kappa shape index (κ1) is 19.0. The second-order valence-electron chi connectivity index (χ2n) is 7.70. The van der Waals surface area contributed by atoms with Gasteiger partial charge in [0.2, 0.25) is 0 Å². The molecule has 0 unspecified atom stereocenters. The van der Waals surface area contributed by atoms with Gasteiger partial charge in [-0.05, 0) is 73.5 Å². The molecule has 4 aromatic carbocycles. The molecule has 3 heteroatoms. The van der Waals surface area contributed by atoms with E-state index in [9.17, 15) is 0 Å². The zero-order chi connectivity index (χ0) is 21.2. The number of aryl methyl sites for hydroxylation is 2. The van der Waals surface area contributed by atoms with Gasteiger partial charge in [-0.1, -0.05) is 36.4 Å². The lowest BCUT2D eigenvalue weighted by atomic mass is 10.0. The molecular formula is C28H22N2O. The lowest BCUT2D eigenvalue weighted by molar-refractivity contribution is 0.668. The normalized spacial score (nSPS) is 11.9. The van der Waals surface area contributed by atoms with Crippen LogP contribution in [0.4, 0.5) is 11.4 Å². The molecule has 0 saturated heterocycles. The van der Waals surface area contributed by atoms with Crippen LogP contribution >= 0.6 is 0 Å². The molecule has 0 amide bonds. The Labute approximate surface area is 181 Å². The van der Waals surface area contributed by atoms with Crippen LogP contribution in [0.3, 0.4) is 0 Å². The summed E-state index contributed by atoms with van der Waals surface area (Å²) in [5.74, 6) is 0. The number of benzene rings is 4. The Hall–Kier alpha value is -3.98. The smallest absolute Gasteiger partial charge is 0.136 e. The number of nitrogens with zero attached hydrogens (tertiary/aromatic N) is 2. The largest absolute Gasteiger partial charge is 0.456 e. The summed E-state index contributed by atoms with van der Waals surface area (Å²) >= 11 is 0. The van der Waals surface area contributed by atoms with Gasteiger partial charge in [-0.25, -0.2) is 0 Å². The van der Waals surface area contributed by atoms with Gasteiger partial charge in [-0.2, -0.15) is 0 Å². The van der Waals surface area contributed by atoms with Gasteiger partial charge in [0, 0.05) is 34.3 Å². The third-order valence-corrected chi connectivity index (χ3v) is 5.51. The van der Waals surface area contributed by atoms with Crippen LogP contribution in [0, 0.1) is 13.8 Å². The van der Waals surface area contributed by atoms with Gasteiger partial charge in [0.25, 0.3) is 0 Å². The maximum atomic E-state index is 6.19. The number of furan rings is 1. The Morgan fingerprint density at radius 2 is 1.06 bits per heavy atom. The summed E-state index contributed by atoms with van der Waals surface area (Å²) in [5, 5.41) is 2.21. The van der Waals surface area contributed by atoms with Crippen molar-refractivity contribution in [3.63, 3.8) is 0 Å². The molecule has 1 aromatic heterocycles. The molecule has 5 rings (SSSR count). The molecule has 0 atom stereocenters. The van der Waals surface area contributed by atoms with E-state index in [0.29, 0.717) is 0 Å². The van der Waals surface area contributed by atoms with E-state index in [0.717, 1.165) is 44.4 Å². The van der Waals surface area contributed by atoms with Crippen LogP contribution in [0.1, 0.15) is 22.3 Å². The predicted molar refractivity (Wildman–Crippen MR) is 131 cm³/mol. The average Bonchev–Trinajstić information content (AvgIpc) is 3.13. The second-order valence-corrected chi connectivity index (χ2v) is 7.70. The molecule has 0 N–H and O–H groups in total. The van der Waals surface area contributed by atoms with Gasteiger partial charge in [0.05, 0.1) is 11.4 Å². The highest BCUT2D eigenvalue weighted by molar-refractivity contribution is 6.10. The van der Waals surface area contributed by atoms with E-state index < -0.39 is 0 Å². The van der Waals surface area contributed by atoms with Crippen LogP contribution in [0.5, 0.6) is 0 Å². The van der Waals surface area contributed by atoms with E-state index >= 15 is 0 Å². The Morgan fingerprint density at radius 3 is 1.68 bits per heavy atom. The quantitative estimate of drug-likeness (QED) is 0.284. The van der Waals surface area contributed by atoms with E-state index in [1.165, 1.54) is 11.1 Å². The van der Waals surface area contributed by atoms with Gasteiger partial charge < -0.3 is 4.42 Å². The fourth-order valence-corrected chi connectivity index (χ4v) is 3.65. The summed E-state index contributed by atoms with van der Waals surface area (Å²) in [6.45, 7) is 4.24. The molecule has 150 valence electrons. The Kier molecular flexibility index (Phi) is 4.93. The number of rotatable bonds is 4. The molecule has 1 heterocycles. The van der Waals surface area contributed by atoms with Crippen molar-refractivity contribution in [2.75, 3.05) is 0 Å². The van der Waals surface area contributed by atoms with Crippen molar-refractivity contribution in [2.45, 2.75) is 13.8 Å². The molecule has 0 spiro atoms. The fraction of sp³-hybridized carbons (Fsp3) is 0.0714. The van der Waals surface area contributed by atoms with E-state index in [1.54, 1.807) is 0 Å². The minimum absolute atomic E-state index is 0.853. The van der Waals surface area contributed by atoms with Crippen molar-refractivity contribution in [1.82, 2.24) is 0 Å². The Balaban J connectivity index is 1.67. The van der Waals surface area contributed by atoms with Crippen LogP contribution in [0.25, 0.3) is 21.9 Å². The van der Waals surface area contributed by atoms with Crippen LogP contribution in [0.15, 0.2) is 99.3 Å². The van der Waals surface area contributed by atoms with Gasteiger partial charge in [-0.3, -0.25) is 9.98 Å². The maximum absolute atomic E-state index is 6.19. The molecule has 0 radical (unpaired) electrons. The van der Waals surface area contributed by atoms with Gasteiger partial charge >= 0.3 is 0 Å². The van der Waals surface area contributed by atoms with Gasteiger partial charge in [-0.15, -0.1) is 0 Å². The fourth-order valence-electron chi connectivity index (χ4n) is 3.65. The summed E-state index contributed by atoms with van der Waals surface area (Å²) < 4.78 is 6.19. The number of hydrogen-bond donors (Lipinski definition) is 0. The summed E-state index contributed by atoms with van der Waals surface area (Å²) in [6.07, 6.45) is 3.78. The van der Waals surface area contributed by atoms with E-state index in [4.69, 9.17) is 4.42 Å². The molecule has 0 bridgehead atoms. The van der Waals surface area contributed by atoms with Crippen molar-refractivity contribution >= 4 is 45.7 Å². The van der Waals surface area contributed by atoms with E-state index in [2.05, 4.69) is 48.1 Å². The molecule has 0 aliphatic carbocycles. The Bertz CT molecular complexity index is 1430. The summed E-state index contributed by atoms with van der Waals surface area (Å²) in [4.78, 5) is 9.33. The van der Waals surface area contributed by atoms with Crippen molar-refractivity contribution in [3.05, 3.63) is 107 Å². The number of aliphatic imine (C=N–C) groups is 2. The van der Waals surface area contributed by atoms with Crippen LogP contribution < -0.4 is 0 Å². The standard InChI is InChI=1S/C28H22N2O/c1-19-13-25-26-15-21(17-29-23-9-5-3-6-10-23)22(18-30-24-11-7-4-8-12-24)16-28(26)31-27(25)14-20(19)2/h3-18H,1-2H3/b29-17+,30-18+. The number of fused-ring (bicyclic) bond motifs is 3. The highest BCUT2D eigenvalue weighted by Crippen LogP contribution is 2.32. The summed E-state index contributed by atoms with van der Waals surface area (Å²) in [5.41, 5.74) is 8.02. The van der Waals surface area contributed by atoms with Crippen molar-refractivity contribution < 1.29 is 4.42 Å². The van der Waals surface area contributed by atoms with E-state index in [-0.39, 0.29) is 0 Å². The van der Waals surface area contributed by atoms with Gasteiger partial charge in [0.15, 0.2) is 0 Å². The predicted octanol–water partition coefficient (Wildman–Crippen LogP) is 7.70. The molecule has 3 nitrogen and oxygen atoms in total. The zero-order valence-corrected chi connectivity index (χ0v) is 17.5. The molecular weight excluding hydrogens is 380 g/mol. The SMILES string of the molecule is Cc1cc2oc3cc(/C=N/c4ccccc4)c(/C=N/c4ccccc4)cc3c2cc1C. The van der Waals surface area contributed by atoms with E-state index in [1.807, 2.05) is 73.1 Å². The summed E-state index contributed by atoms with van der Waals surface area (Å²) in [7, 11) is 0. The molecule has 0 aliphatic rings. The maximum Gasteiger partial charge on any atom is 0.136 e. The van der Waals surface area contributed by atoms with Gasteiger partial charge in [0.1, 0.15) is 11.2 Å². The first-order valence-electron chi connectivity index (χ1n) is 10.3. The van der Waals surface area contributed by atoms with Crippen LogP contribution in [-0.2, 0) is 0 Å². The topological polar surface area (TPSA) is 37.9 Å². The first-order chi connectivity index (χ1) is 15.2. The third kappa shape index (κ3) is 3.90. The van der Waals surface area contributed by atoms with Crippen molar-refractivity contribution in [3.8, 4) is 0 Å². The molecule has 0 aliphatic heterocycles. The number of hydrogen-bond acceptors (Lipinski definition) is 3. The lowest BCUT2D eigenvalue weighted by Crippen LogP contribution is -1.92. The lowest BCUT2D eigenvalue weighted by Gasteiger charge is -2.02. The first-order valence-corrected chi connectivity index (χ1v) is 10.3. The highest BCUT2D eigenvalue weighted by atomic mass is 16.3. The monoisotopic (exact) mass is 402 g/mol. The van der Waals surface area contributed by atoms with Crippen molar-refractivity contribution in [2.24, 2.45) is 9.98 Å². The highest BCUT2D eigenvalue weighted by Gasteiger charge is 2.12. The molecule has 0 saturated carbocycles. The van der Waals surface area contributed by atoms with Crippen LogP contribution in [-0.4, -0.2) is 12.4 Å². The molecule has 31 heavy (non-hydrogen) atoms. The minimum Gasteiger partial charge on any atom is -0.456 e. The van der Waals surface area contributed by atoms with Crippen LogP contribution in [0.2, 0.25) is 0 Å². The molecule has 0 fully saturated rings. The summed E-state index contributed by atoms with van der Waals surface area (Å²) in [6, 6.07) is 28.4. The number of para-hydroxylation sites is 2.